The fourth-order valence-corrected chi connectivity index (χ4v) is 2.81. The van der Waals surface area contributed by atoms with Gasteiger partial charge in [-0.15, -0.1) is 0 Å². The van der Waals surface area contributed by atoms with Crippen LogP contribution in [-0.4, -0.2) is 21.9 Å². The van der Waals surface area contributed by atoms with Gasteiger partial charge in [0.2, 0.25) is 0 Å². The van der Waals surface area contributed by atoms with E-state index in [9.17, 15) is 10.2 Å². The summed E-state index contributed by atoms with van der Waals surface area (Å²) < 4.78 is 0. The van der Waals surface area contributed by atoms with Crippen molar-refractivity contribution in [2.75, 3.05) is 0 Å². The fraction of sp³-hybridized carbons (Fsp3) is 1.00. The Hall–Kier alpha value is -0.0800. The molecule has 2 fully saturated rings. The van der Waals surface area contributed by atoms with E-state index in [0.717, 1.165) is 12.8 Å². The summed E-state index contributed by atoms with van der Waals surface area (Å²) in [4.78, 5) is 0. The highest BCUT2D eigenvalue weighted by Crippen LogP contribution is 2.66. The molecule has 0 saturated heterocycles. The van der Waals surface area contributed by atoms with Crippen LogP contribution >= 0.6 is 0 Å². The Morgan fingerprint density at radius 1 is 1.17 bits per heavy atom. The summed E-state index contributed by atoms with van der Waals surface area (Å²) in [6, 6.07) is 0. The Morgan fingerprint density at radius 2 is 1.75 bits per heavy atom. The molecular weight excluding hydrogens is 152 g/mol. The van der Waals surface area contributed by atoms with Crippen LogP contribution in [0.25, 0.3) is 0 Å². The van der Waals surface area contributed by atoms with Gasteiger partial charge in [0.05, 0.1) is 11.7 Å². The second kappa shape index (κ2) is 2.05. The van der Waals surface area contributed by atoms with Crippen molar-refractivity contribution in [2.45, 2.75) is 45.3 Å². The lowest BCUT2D eigenvalue weighted by molar-refractivity contribution is -0.0892. The molecule has 2 saturated carbocycles. The second-order valence-corrected chi connectivity index (χ2v) is 5.35. The zero-order valence-corrected chi connectivity index (χ0v) is 8.04. The SMILES string of the molecule is CC1(C)[C@@H]2C[C@](C)(O)[C@H](O)C[C@@H]21. The lowest BCUT2D eigenvalue weighted by atomic mass is 9.84. The van der Waals surface area contributed by atoms with E-state index in [1.54, 1.807) is 6.92 Å². The van der Waals surface area contributed by atoms with E-state index in [2.05, 4.69) is 13.8 Å². The van der Waals surface area contributed by atoms with Gasteiger partial charge in [-0.3, -0.25) is 0 Å². The fourth-order valence-electron chi connectivity index (χ4n) is 2.81. The molecule has 2 rings (SSSR count). The van der Waals surface area contributed by atoms with Crippen LogP contribution in [0.15, 0.2) is 0 Å². The molecule has 2 N–H and O–H groups in total. The third-order valence-corrected chi connectivity index (χ3v) is 4.12. The average Bonchev–Trinajstić information content (AvgIpc) is 2.37. The Kier molecular flexibility index (Phi) is 1.45. The first-order valence-electron chi connectivity index (χ1n) is 4.76. The number of fused-ring (bicyclic) bond motifs is 1. The first kappa shape index (κ1) is 8.52. The predicted octanol–water partition coefficient (Wildman–Crippen LogP) is 1.16. The van der Waals surface area contributed by atoms with Gasteiger partial charge in [-0.2, -0.15) is 0 Å². The molecule has 0 bridgehead atoms. The number of rotatable bonds is 0. The average molecular weight is 170 g/mol. The molecular formula is C10H18O2. The first-order chi connectivity index (χ1) is 5.36. The van der Waals surface area contributed by atoms with E-state index in [0.29, 0.717) is 17.3 Å². The van der Waals surface area contributed by atoms with Gasteiger partial charge in [0.15, 0.2) is 0 Å². The van der Waals surface area contributed by atoms with E-state index >= 15 is 0 Å². The maximum Gasteiger partial charge on any atom is 0.0880 e. The monoisotopic (exact) mass is 170 g/mol. The highest BCUT2D eigenvalue weighted by molar-refractivity contribution is 5.12. The summed E-state index contributed by atoms with van der Waals surface area (Å²) in [6.07, 6.45) is 1.04. The summed E-state index contributed by atoms with van der Waals surface area (Å²) in [6.45, 7) is 6.22. The summed E-state index contributed by atoms with van der Waals surface area (Å²) in [5, 5.41) is 19.4. The maximum absolute atomic E-state index is 9.82. The van der Waals surface area contributed by atoms with Crippen LogP contribution in [0.4, 0.5) is 0 Å². The van der Waals surface area contributed by atoms with Gasteiger partial charge in [-0.05, 0) is 37.0 Å². The van der Waals surface area contributed by atoms with Crippen LogP contribution in [0.5, 0.6) is 0 Å². The van der Waals surface area contributed by atoms with Crippen LogP contribution < -0.4 is 0 Å². The van der Waals surface area contributed by atoms with Crippen LogP contribution in [0, 0.1) is 17.3 Å². The molecule has 0 amide bonds. The minimum atomic E-state index is -0.838. The zero-order valence-electron chi connectivity index (χ0n) is 8.04. The van der Waals surface area contributed by atoms with Gasteiger partial charge in [-0.25, -0.2) is 0 Å². The Morgan fingerprint density at radius 3 is 2.25 bits per heavy atom. The Bertz CT molecular complexity index is 208. The molecule has 4 atom stereocenters. The molecule has 0 radical (unpaired) electrons. The Balaban J connectivity index is 2.14. The molecule has 0 heterocycles. The molecule has 0 aromatic heterocycles. The zero-order chi connectivity index (χ0) is 9.15. The standard InChI is InChI=1S/C10H18O2/c1-9(2)6-4-8(11)10(3,12)5-7(6)9/h6-8,11-12H,4-5H2,1-3H3/t6-,7+,8+,10-/m0/s1. The lowest BCUT2D eigenvalue weighted by Gasteiger charge is -2.32. The molecule has 0 unspecified atom stereocenters. The smallest absolute Gasteiger partial charge is 0.0880 e. The minimum Gasteiger partial charge on any atom is -0.390 e. The van der Waals surface area contributed by atoms with Crippen LogP contribution in [-0.2, 0) is 0 Å². The molecule has 2 aliphatic carbocycles. The van der Waals surface area contributed by atoms with Crippen molar-refractivity contribution < 1.29 is 10.2 Å². The van der Waals surface area contributed by atoms with Crippen LogP contribution in [0.3, 0.4) is 0 Å². The topological polar surface area (TPSA) is 40.5 Å². The molecule has 12 heavy (non-hydrogen) atoms. The third kappa shape index (κ3) is 0.944. The van der Waals surface area contributed by atoms with E-state index in [1.807, 2.05) is 0 Å². The summed E-state index contributed by atoms with van der Waals surface area (Å²) in [5.41, 5.74) is -0.476. The van der Waals surface area contributed by atoms with E-state index in [-0.39, 0.29) is 0 Å². The quantitative estimate of drug-likeness (QED) is 0.573. The van der Waals surface area contributed by atoms with E-state index < -0.39 is 11.7 Å². The van der Waals surface area contributed by atoms with Crippen molar-refractivity contribution in [3.05, 3.63) is 0 Å². The van der Waals surface area contributed by atoms with Crippen molar-refractivity contribution in [3.8, 4) is 0 Å². The first-order valence-corrected chi connectivity index (χ1v) is 4.76. The predicted molar refractivity (Wildman–Crippen MR) is 46.6 cm³/mol. The van der Waals surface area contributed by atoms with Crippen molar-refractivity contribution in [3.63, 3.8) is 0 Å². The van der Waals surface area contributed by atoms with Crippen LogP contribution in [0.1, 0.15) is 33.6 Å². The molecule has 2 aliphatic rings. The van der Waals surface area contributed by atoms with E-state index in [1.165, 1.54) is 0 Å². The highest BCUT2D eigenvalue weighted by Gasteiger charge is 2.63. The minimum absolute atomic E-state index is 0.363. The highest BCUT2D eigenvalue weighted by atomic mass is 16.3. The lowest BCUT2D eigenvalue weighted by Crippen LogP contribution is -2.42. The summed E-state index contributed by atoms with van der Waals surface area (Å²) >= 11 is 0. The number of aliphatic hydroxyl groups is 2. The number of hydrogen-bond acceptors (Lipinski definition) is 2. The Labute approximate surface area is 73.6 Å². The van der Waals surface area contributed by atoms with Gasteiger partial charge in [0, 0.05) is 0 Å². The molecule has 70 valence electrons. The molecule has 0 aromatic rings. The largest absolute Gasteiger partial charge is 0.390 e. The number of hydrogen-bond donors (Lipinski definition) is 2. The van der Waals surface area contributed by atoms with Crippen LogP contribution in [0.2, 0.25) is 0 Å². The summed E-state index contributed by atoms with van der Waals surface area (Å²) in [5.74, 6) is 1.28. The van der Waals surface area contributed by atoms with Gasteiger partial charge < -0.3 is 10.2 Å². The van der Waals surface area contributed by atoms with Crippen molar-refractivity contribution >= 4 is 0 Å². The third-order valence-electron chi connectivity index (χ3n) is 4.12. The molecule has 0 spiro atoms. The normalized spacial score (nSPS) is 56.2. The maximum atomic E-state index is 9.82. The molecule has 2 heteroatoms. The van der Waals surface area contributed by atoms with Crippen molar-refractivity contribution in [1.82, 2.24) is 0 Å². The molecule has 0 aliphatic heterocycles. The van der Waals surface area contributed by atoms with Gasteiger partial charge >= 0.3 is 0 Å². The molecule has 2 nitrogen and oxygen atoms in total. The van der Waals surface area contributed by atoms with E-state index in [4.69, 9.17) is 0 Å². The van der Waals surface area contributed by atoms with Crippen molar-refractivity contribution in [2.24, 2.45) is 17.3 Å². The van der Waals surface area contributed by atoms with Gasteiger partial charge in [-0.1, -0.05) is 13.8 Å². The number of aliphatic hydroxyl groups excluding tert-OH is 1. The van der Waals surface area contributed by atoms with Gasteiger partial charge in [0.1, 0.15) is 0 Å². The second-order valence-electron chi connectivity index (χ2n) is 5.35. The summed E-state index contributed by atoms with van der Waals surface area (Å²) in [7, 11) is 0. The molecule has 0 aromatic carbocycles. The van der Waals surface area contributed by atoms with Crippen molar-refractivity contribution in [1.29, 1.82) is 0 Å². The van der Waals surface area contributed by atoms with Gasteiger partial charge in [0.25, 0.3) is 0 Å².